The van der Waals surface area contributed by atoms with E-state index in [4.69, 9.17) is 5.11 Å². The monoisotopic (exact) mass is 219 g/mol. The van der Waals surface area contributed by atoms with E-state index in [1.54, 1.807) is 0 Å². The minimum atomic E-state index is -2.38. The molecule has 0 aromatic carbocycles. The van der Waals surface area contributed by atoms with Gasteiger partial charge < -0.3 is 15.3 Å². The second-order valence-electron chi connectivity index (χ2n) is 3.79. The van der Waals surface area contributed by atoms with Gasteiger partial charge in [0.25, 0.3) is 0 Å². The molecule has 1 fully saturated rings. The molecule has 1 rings (SSSR count). The van der Waals surface area contributed by atoms with Gasteiger partial charge in [-0.2, -0.15) is 0 Å². The summed E-state index contributed by atoms with van der Waals surface area (Å²) < 4.78 is 0. The number of aliphatic carboxylic acids is 1. The fraction of sp³-hybridized carbons (Fsp3) is 0.875. The molecule has 1 unspecified atom stereocenters. The van der Waals surface area contributed by atoms with Gasteiger partial charge >= 0.3 is 5.97 Å². The predicted octanol–water partition coefficient (Wildman–Crippen LogP) is -0.760. The molecule has 0 spiro atoms. The summed E-state index contributed by atoms with van der Waals surface area (Å²) in [6, 6.07) is 0. The summed E-state index contributed by atoms with van der Waals surface area (Å²) in [4.78, 5) is 20.5. The van der Waals surface area contributed by atoms with Crippen molar-refractivity contribution in [2.24, 2.45) is 5.92 Å². The van der Waals surface area contributed by atoms with E-state index >= 15 is 0 Å². The maximum atomic E-state index is 10.8. The van der Waals surface area contributed by atoms with Crippen LogP contribution in [-0.4, -0.2) is 44.5 Å². The van der Waals surface area contributed by atoms with E-state index in [1.165, 1.54) is 0 Å². The molecule has 0 bridgehead atoms. The van der Waals surface area contributed by atoms with Crippen LogP contribution in [0.15, 0.2) is 0 Å². The number of rotatable bonds is 3. The summed E-state index contributed by atoms with van der Waals surface area (Å²) in [5.41, 5.74) is -2.38. The summed E-state index contributed by atoms with van der Waals surface area (Å²) in [5.74, 6) is -2.63. The van der Waals surface area contributed by atoms with Crippen molar-refractivity contribution >= 4 is 5.97 Å². The zero-order valence-electron chi connectivity index (χ0n) is 8.00. The quantitative estimate of drug-likeness (QED) is 0.423. The van der Waals surface area contributed by atoms with E-state index in [1.807, 2.05) is 0 Å². The largest absolute Gasteiger partial charge is 0.479 e. The summed E-state index contributed by atoms with van der Waals surface area (Å²) in [7, 11) is 0. The van der Waals surface area contributed by atoms with Gasteiger partial charge in [0.2, 0.25) is 6.54 Å². The molecule has 3 atom stereocenters. The number of nitro groups is 1. The molecule has 0 heterocycles. The van der Waals surface area contributed by atoms with Crippen molar-refractivity contribution in [1.82, 2.24) is 0 Å². The van der Waals surface area contributed by atoms with Crippen LogP contribution >= 0.6 is 0 Å². The third-order valence-electron chi connectivity index (χ3n) is 2.87. The lowest BCUT2D eigenvalue weighted by atomic mass is 9.73. The molecule has 0 aromatic rings. The summed E-state index contributed by atoms with van der Waals surface area (Å²) in [5, 5.41) is 38.3. The lowest BCUT2D eigenvalue weighted by Gasteiger charge is -2.38. The van der Waals surface area contributed by atoms with Crippen LogP contribution in [-0.2, 0) is 4.79 Å². The Balaban J connectivity index is 2.91. The Morgan fingerprint density at radius 1 is 1.53 bits per heavy atom. The van der Waals surface area contributed by atoms with Crippen molar-refractivity contribution in [3.63, 3.8) is 0 Å². The van der Waals surface area contributed by atoms with E-state index in [-0.39, 0.29) is 12.8 Å². The predicted molar refractivity (Wildman–Crippen MR) is 47.8 cm³/mol. The number of aliphatic hydroxyl groups is 2. The topological polar surface area (TPSA) is 121 Å². The highest BCUT2D eigenvalue weighted by molar-refractivity contribution is 5.78. The number of aliphatic hydroxyl groups excluding tert-OH is 1. The molecular weight excluding hydrogens is 206 g/mol. The van der Waals surface area contributed by atoms with Crippen LogP contribution in [0.5, 0.6) is 0 Å². The maximum Gasteiger partial charge on any atom is 0.339 e. The molecule has 7 nitrogen and oxygen atoms in total. The number of hydrogen-bond donors (Lipinski definition) is 3. The Morgan fingerprint density at radius 3 is 2.60 bits per heavy atom. The van der Waals surface area contributed by atoms with Crippen molar-refractivity contribution in [2.75, 3.05) is 6.54 Å². The molecule has 1 saturated carbocycles. The fourth-order valence-electron chi connectivity index (χ4n) is 2.00. The van der Waals surface area contributed by atoms with Gasteiger partial charge in [0.15, 0.2) is 5.60 Å². The first kappa shape index (κ1) is 11.9. The van der Waals surface area contributed by atoms with E-state index in [2.05, 4.69) is 0 Å². The van der Waals surface area contributed by atoms with Gasteiger partial charge in [-0.15, -0.1) is 0 Å². The van der Waals surface area contributed by atoms with Gasteiger partial charge in [-0.05, 0) is 12.8 Å². The highest BCUT2D eigenvalue weighted by Gasteiger charge is 2.54. The molecule has 3 N–H and O–H groups in total. The Bertz CT molecular complexity index is 280. The van der Waals surface area contributed by atoms with Crippen LogP contribution in [0.25, 0.3) is 0 Å². The van der Waals surface area contributed by atoms with Gasteiger partial charge in [0.1, 0.15) is 0 Å². The molecular formula is C8H13NO6. The second-order valence-corrected chi connectivity index (χ2v) is 3.79. The average Bonchev–Trinajstić information content (AvgIpc) is 2.12. The summed E-state index contributed by atoms with van der Waals surface area (Å²) in [6.45, 7) is -0.639. The lowest BCUT2D eigenvalue weighted by Crippen LogP contribution is -2.59. The third-order valence-corrected chi connectivity index (χ3v) is 2.87. The van der Waals surface area contributed by atoms with Crippen molar-refractivity contribution in [1.29, 1.82) is 0 Å². The second kappa shape index (κ2) is 4.11. The lowest BCUT2D eigenvalue weighted by molar-refractivity contribution is -0.494. The molecule has 1 aliphatic rings. The van der Waals surface area contributed by atoms with Crippen LogP contribution in [0, 0.1) is 16.0 Å². The zero-order chi connectivity index (χ0) is 11.6. The molecule has 86 valence electrons. The Labute approximate surface area is 85.5 Å². The van der Waals surface area contributed by atoms with Gasteiger partial charge in [-0.3, -0.25) is 10.1 Å². The standard InChI is InChI=1S/C8H13NO6/c10-6-3-1-2-5(4-9(14)15)8(6,13)7(11)12/h5-6,10,13H,1-4H2,(H,11,12)/t5-,6?,8+/m1/s1. The molecule has 0 amide bonds. The average molecular weight is 219 g/mol. The zero-order valence-corrected chi connectivity index (χ0v) is 8.00. The summed E-state index contributed by atoms with van der Waals surface area (Å²) in [6.07, 6.45) is -0.568. The van der Waals surface area contributed by atoms with Gasteiger partial charge in [-0.1, -0.05) is 6.42 Å². The third kappa shape index (κ3) is 2.07. The fourth-order valence-corrected chi connectivity index (χ4v) is 2.00. The molecule has 0 aromatic heterocycles. The minimum Gasteiger partial charge on any atom is -0.479 e. The van der Waals surface area contributed by atoms with E-state index in [0.717, 1.165) is 0 Å². The minimum absolute atomic E-state index is 0.150. The molecule has 1 aliphatic carbocycles. The SMILES string of the molecule is O=C(O)[C@@]1(O)C(O)CCC[C@@H]1C[N+](=O)[O-]. The van der Waals surface area contributed by atoms with Crippen molar-refractivity contribution in [2.45, 2.75) is 31.0 Å². The first-order chi connectivity index (χ1) is 6.89. The first-order valence-corrected chi connectivity index (χ1v) is 4.64. The van der Waals surface area contributed by atoms with Gasteiger partial charge in [0.05, 0.1) is 12.0 Å². The number of carboxylic acid groups (broad SMARTS) is 1. The Morgan fingerprint density at radius 2 is 2.13 bits per heavy atom. The molecule has 15 heavy (non-hydrogen) atoms. The smallest absolute Gasteiger partial charge is 0.339 e. The van der Waals surface area contributed by atoms with Crippen molar-refractivity contribution < 1.29 is 25.0 Å². The Hall–Kier alpha value is -1.21. The van der Waals surface area contributed by atoms with Crippen LogP contribution in [0.3, 0.4) is 0 Å². The van der Waals surface area contributed by atoms with Crippen molar-refractivity contribution in [3.05, 3.63) is 10.1 Å². The number of carbonyl (C=O) groups is 1. The van der Waals surface area contributed by atoms with E-state index in [9.17, 15) is 25.1 Å². The van der Waals surface area contributed by atoms with Crippen LogP contribution in [0.1, 0.15) is 19.3 Å². The van der Waals surface area contributed by atoms with Crippen molar-refractivity contribution in [3.8, 4) is 0 Å². The first-order valence-electron chi connectivity index (χ1n) is 4.64. The number of hydrogen-bond acceptors (Lipinski definition) is 5. The Kier molecular flexibility index (Phi) is 3.25. The van der Waals surface area contributed by atoms with Crippen LogP contribution < -0.4 is 0 Å². The highest BCUT2D eigenvalue weighted by Crippen LogP contribution is 2.34. The number of nitrogens with zero attached hydrogens (tertiary/aromatic N) is 1. The number of carboxylic acids is 1. The highest BCUT2D eigenvalue weighted by atomic mass is 16.6. The van der Waals surface area contributed by atoms with Crippen LogP contribution in [0.2, 0.25) is 0 Å². The van der Waals surface area contributed by atoms with Gasteiger partial charge in [-0.25, -0.2) is 4.79 Å². The molecule has 0 radical (unpaired) electrons. The van der Waals surface area contributed by atoms with Gasteiger partial charge in [0, 0.05) is 4.92 Å². The molecule has 7 heteroatoms. The van der Waals surface area contributed by atoms with E-state index < -0.39 is 35.1 Å². The molecule has 0 saturated heterocycles. The normalized spacial score (nSPS) is 36.1. The van der Waals surface area contributed by atoms with E-state index in [0.29, 0.717) is 6.42 Å². The summed E-state index contributed by atoms with van der Waals surface area (Å²) >= 11 is 0. The molecule has 0 aliphatic heterocycles. The van der Waals surface area contributed by atoms with Crippen LogP contribution in [0.4, 0.5) is 0 Å². The maximum absolute atomic E-state index is 10.8.